The number of nitrogens with zero attached hydrogens (tertiary/aromatic N) is 2. The van der Waals surface area contributed by atoms with Crippen LogP contribution < -0.4 is 9.62 Å². The Morgan fingerprint density at radius 1 is 0.822 bits per heavy atom. The molecule has 1 atom stereocenters. The Labute approximate surface area is 275 Å². The van der Waals surface area contributed by atoms with Gasteiger partial charge in [0.15, 0.2) is 0 Å². The molecule has 0 fully saturated rings. The van der Waals surface area contributed by atoms with E-state index in [1.807, 2.05) is 94.4 Å². The predicted octanol–water partition coefficient (Wildman–Crippen LogP) is 6.68. The summed E-state index contributed by atoms with van der Waals surface area (Å²) in [6, 6.07) is 29.8. The minimum atomic E-state index is -4.16. The highest BCUT2D eigenvalue weighted by Crippen LogP contribution is 2.29. The smallest absolute Gasteiger partial charge is 0.264 e. The zero-order chi connectivity index (χ0) is 32.6. The summed E-state index contributed by atoms with van der Waals surface area (Å²) >= 11 is 3.47. The van der Waals surface area contributed by atoms with Crippen LogP contribution in [0.5, 0.6) is 0 Å². The molecule has 1 unspecified atom stereocenters. The Morgan fingerprint density at radius 2 is 1.44 bits per heavy atom. The van der Waals surface area contributed by atoms with Crippen LogP contribution in [0.4, 0.5) is 5.69 Å². The van der Waals surface area contributed by atoms with E-state index in [1.54, 1.807) is 36.4 Å². The molecule has 4 rings (SSSR count). The highest BCUT2D eigenvalue weighted by Gasteiger charge is 2.35. The number of amides is 2. The molecule has 45 heavy (non-hydrogen) atoms. The molecule has 9 heteroatoms. The summed E-state index contributed by atoms with van der Waals surface area (Å²) in [4.78, 5) is 30.0. The minimum absolute atomic E-state index is 0.0876. The van der Waals surface area contributed by atoms with Gasteiger partial charge in [-0.1, -0.05) is 101 Å². The average molecular weight is 691 g/mol. The number of sulfonamides is 1. The molecular weight excluding hydrogens is 650 g/mol. The van der Waals surface area contributed by atoms with Crippen LogP contribution >= 0.6 is 15.9 Å². The molecule has 0 aromatic heterocycles. The quantitative estimate of drug-likeness (QED) is 0.170. The van der Waals surface area contributed by atoms with E-state index in [2.05, 4.69) is 21.2 Å². The number of halogens is 1. The van der Waals surface area contributed by atoms with Gasteiger partial charge >= 0.3 is 0 Å². The number of anilines is 1. The first-order valence-electron chi connectivity index (χ1n) is 15.0. The summed E-state index contributed by atoms with van der Waals surface area (Å²) < 4.78 is 30.6. The van der Waals surface area contributed by atoms with Gasteiger partial charge in [0, 0.05) is 23.5 Å². The van der Waals surface area contributed by atoms with Crippen LogP contribution in [0.25, 0.3) is 0 Å². The van der Waals surface area contributed by atoms with Crippen molar-refractivity contribution >= 4 is 43.5 Å². The molecule has 0 heterocycles. The van der Waals surface area contributed by atoms with E-state index in [0.29, 0.717) is 12.1 Å². The zero-order valence-corrected chi connectivity index (χ0v) is 28.5. The lowest BCUT2D eigenvalue weighted by molar-refractivity contribution is -0.140. The Kier molecular flexibility index (Phi) is 11.6. The monoisotopic (exact) mass is 689 g/mol. The molecule has 4 aromatic carbocycles. The lowest BCUT2D eigenvalue weighted by Crippen LogP contribution is -2.54. The fraction of sp³-hybridized carbons (Fsp3) is 0.278. The summed E-state index contributed by atoms with van der Waals surface area (Å²) in [5.41, 5.74) is 3.84. The van der Waals surface area contributed by atoms with E-state index < -0.39 is 28.5 Å². The molecule has 0 saturated heterocycles. The van der Waals surface area contributed by atoms with Gasteiger partial charge in [0.05, 0.1) is 10.6 Å². The van der Waals surface area contributed by atoms with Crippen LogP contribution in [0.3, 0.4) is 0 Å². The van der Waals surface area contributed by atoms with Gasteiger partial charge in [-0.2, -0.15) is 0 Å². The molecule has 1 N–H and O–H groups in total. The van der Waals surface area contributed by atoms with Crippen LogP contribution in [0, 0.1) is 6.92 Å². The summed E-state index contributed by atoms with van der Waals surface area (Å²) in [7, 11) is -4.16. The number of aryl methyl sites for hydroxylation is 2. The van der Waals surface area contributed by atoms with Crippen molar-refractivity contribution in [1.29, 1.82) is 0 Å². The summed E-state index contributed by atoms with van der Waals surface area (Å²) in [5, 5.41) is 2.99. The van der Waals surface area contributed by atoms with Gasteiger partial charge in [-0.25, -0.2) is 8.42 Å². The van der Waals surface area contributed by atoms with Gasteiger partial charge in [0.25, 0.3) is 10.0 Å². The molecule has 0 bridgehead atoms. The maximum Gasteiger partial charge on any atom is 0.264 e. The molecule has 0 aliphatic carbocycles. The Balaban J connectivity index is 1.83. The number of para-hydroxylation sites is 1. The highest BCUT2D eigenvalue weighted by atomic mass is 79.9. The van der Waals surface area contributed by atoms with Crippen molar-refractivity contribution in [3.8, 4) is 0 Å². The fourth-order valence-electron chi connectivity index (χ4n) is 5.13. The number of hydrogen-bond donors (Lipinski definition) is 1. The number of benzene rings is 4. The van der Waals surface area contributed by atoms with Crippen LogP contribution in [-0.2, 0) is 39.0 Å². The molecule has 2 amide bonds. The van der Waals surface area contributed by atoms with Gasteiger partial charge in [0.1, 0.15) is 12.6 Å². The normalized spacial score (nSPS) is 12.0. The van der Waals surface area contributed by atoms with Crippen molar-refractivity contribution in [3.05, 3.63) is 130 Å². The first kappa shape index (κ1) is 33.9. The van der Waals surface area contributed by atoms with Crippen molar-refractivity contribution in [1.82, 2.24) is 10.2 Å². The Morgan fingerprint density at radius 3 is 2.07 bits per heavy atom. The van der Waals surface area contributed by atoms with E-state index in [0.717, 1.165) is 26.7 Å². The topological polar surface area (TPSA) is 86.8 Å². The molecule has 4 aromatic rings. The van der Waals surface area contributed by atoms with E-state index >= 15 is 0 Å². The van der Waals surface area contributed by atoms with Crippen LogP contribution in [0.15, 0.2) is 112 Å². The molecule has 0 spiro atoms. The van der Waals surface area contributed by atoms with Crippen molar-refractivity contribution < 1.29 is 18.0 Å². The Hall–Kier alpha value is -3.95. The zero-order valence-electron chi connectivity index (χ0n) is 26.1. The van der Waals surface area contributed by atoms with Gasteiger partial charge in [-0.05, 0) is 74.2 Å². The first-order valence-corrected chi connectivity index (χ1v) is 17.3. The molecular formula is C36H40BrN3O4S. The largest absolute Gasteiger partial charge is 0.352 e. The van der Waals surface area contributed by atoms with Gasteiger partial charge in [-0.3, -0.25) is 13.9 Å². The first-order chi connectivity index (χ1) is 21.5. The Bertz CT molecular complexity index is 1690. The minimum Gasteiger partial charge on any atom is -0.352 e. The maximum atomic E-state index is 14.6. The number of carbonyl (C=O) groups excluding carboxylic acids is 2. The van der Waals surface area contributed by atoms with Crippen LogP contribution in [0.2, 0.25) is 0 Å². The van der Waals surface area contributed by atoms with Crippen LogP contribution in [0.1, 0.15) is 43.0 Å². The summed E-state index contributed by atoms with van der Waals surface area (Å²) in [6.45, 7) is 7.21. The molecule has 0 radical (unpaired) electrons. The van der Waals surface area contributed by atoms with E-state index in [9.17, 15) is 18.0 Å². The van der Waals surface area contributed by atoms with E-state index in [4.69, 9.17) is 0 Å². The molecule has 0 aliphatic rings. The third-order valence-electron chi connectivity index (χ3n) is 7.50. The van der Waals surface area contributed by atoms with Crippen LogP contribution in [-0.4, -0.2) is 43.8 Å². The fourth-order valence-corrected chi connectivity index (χ4v) is 6.84. The van der Waals surface area contributed by atoms with Crippen molar-refractivity contribution in [3.63, 3.8) is 0 Å². The van der Waals surface area contributed by atoms with Crippen molar-refractivity contribution in [2.45, 2.75) is 64.1 Å². The highest BCUT2D eigenvalue weighted by molar-refractivity contribution is 9.10. The molecule has 236 valence electrons. The number of carbonyl (C=O) groups is 2. The van der Waals surface area contributed by atoms with Gasteiger partial charge in [0.2, 0.25) is 11.8 Å². The lowest BCUT2D eigenvalue weighted by atomic mass is 10.0. The van der Waals surface area contributed by atoms with E-state index in [-0.39, 0.29) is 29.8 Å². The molecule has 0 saturated carbocycles. The molecule has 0 aliphatic heterocycles. The van der Waals surface area contributed by atoms with Crippen molar-refractivity contribution in [2.24, 2.45) is 0 Å². The second-order valence-corrected chi connectivity index (χ2v) is 14.1. The predicted molar refractivity (Wildman–Crippen MR) is 183 cm³/mol. The summed E-state index contributed by atoms with van der Waals surface area (Å²) in [5.74, 6) is -0.791. The van der Waals surface area contributed by atoms with Gasteiger partial charge < -0.3 is 10.2 Å². The third-order valence-corrected chi connectivity index (χ3v) is 9.80. The standard InChI is InChI=1S/C36H40BrN3O4S/c1-5-30-13-9-10-14-33(30)40(45(43,44)32-21-15-27(4)16-22-32)25-35(41)39(24-29-17-19-31(37)20-18-29)34(36(42)38-26(2)3)23-28-11-7-6-8-12-28/h6-22,26,34H,5,23-25H2,1-4H3,(H,38,42). The summed E-state index contributed by atoms with van der Waals surface area (Å²) in [6.07, 6.45) is 0.832. The average Bonchev–Trinajstić information content (AvgIpc) is 3.02. The number of nitrogens with one attached hydrogen (secondary N) is 1. The third kappa shape index (κ3) is 8.83. The number of hydrogen-bond acceptors (Lipinski definition) is 4. The maximum absolute atomic E-state index is 14.6. The van der Waals surface area contributed by atoms with E-state index in [1.165, 1.54) is 9.21 Å². The molecule has 7 nitrogen and oxygen atoms in total. The van der Waals surface area contributed by atoms with Crippen molar-refractivity contribution in [2.75, 3.05) is 10.8 Å². The second kappa shape index (κ2) is 15.4. The SMILES string of the molecule is CCc1ccccc1N(CC(=O)N(Cc1ccc(Br)cc1)C(Cc1ccccc1)C(=O)NC(C)C)S(=O)(=O)c1ccc(C)cc1. The second-order valence-electron chi connectivity index (χ2n) is 11.3. The number of rotatable bonds is 13. The lowest BCUT2D eigenvalue weighted by Gasteiger charge is -2.34. The van der Waals surface area contributed by atoms with Gasteiger partial charge in [-0.15, -0.1) is 0 Å².